The molecule has 0 spiro atoms. The van der Waals surface area contributed by atoms with Crippen molar-refractivity contribution in [1.29, 1.82) is 0 Å². The summed E-state index contributed by atoms with van der Waals surface area (Å²) in [6.07, 6.45) is 2.22. The van der Waals surface area contributed by atoms with Gasteiger partial charge in [-0.25, -0.2) is 0 Å². The Labute approximate surface area is 147 Å². The van der Waals surface area contributed by atoms with Crippen LogP contribution < -0.4 is 15.4 Å². The number of nitrogens with one attached hydrogen (secondary N) is 2. The molecule has 0 bridgehead atoms. The largest absolute Gasteiger partial charge is 0.482 e. The predicted octanol–water partition coefficient (Wildman–Crippen LogP) is 2.83. The van der Waals surface area contributed by atoms with Gasteiger partial charge in [0, 0.05) is 13.0 Å². The van der Waals surface area contributed by atoms with E-state index >= 15 is 0 Å². The van der Waals surface area contributed by atoms with Gasteiger partial charge in [0.2, 0.25) is 5.91 Å². The number of amides is 2. The summed E-state index contributed by atoms with van der Waals surface area (Å²) in [7, 11) is 0. The topological polar surface area (TPSA) is 67.4 Å². The summed E-state index contributed by atoms with van der Waals surface area (Å²) in [4.78, 5) is 23.3. The molecule has 5 nitrogen and oxygen atoms in total. The molecule has 0 fully saturated rings. The van der Waals surface area contributed by atoms with Crippen LogP contribution in [0.2, 0.25) is 0 Å². The SMILES string of the molecule is CCc1ccc(CCC(=O)NCc2ccc3c(c2)OCC(=O)N3)cc1. The molecule has 3 rings (SSSR count). The van der Waals surface area contributed by atoms with Gasteiger partial charge in [0.15, 0.2) is 6.61 Å². The Bertz CT molecular complexity index is 769. The minimum absolute atomic E-state index is 0.0199. The summed E-state index contributed by atoms with van der Waals surface area (Å²) < 4.78 is 5.38. The molecule has 1 heterocycles. The standard InChI is InChI=1S/C20H22N2O3/c1-2-14-3-5-15(6-4-14)8-10-19(23)21-12-16-7-9-17-18(11-16)25-13-20(24)22-17/h3-7,9,11H,2,8,10,12-13H2,1H3,(H,21,23)(H,22,24). The summed E-state index contributed by atoms with van der Waals surface area (Å²) >= 11 is 0. The smallest absolute Gasteiger partial charge is 0.262 e. The molecule has 2 amide bonds. The number of fused-ring (bicyclic) bond motifs is 1. The fraction of sp³-hybridized carbons (Fsp3) is 0.300. The minimum Gasteiger partial charge on any atom is -0.482 e. The van der Waals surface area contributed by atoms with Crippen LogP contribution in [0.25, 0.3) is 0 Å². The number of ether oxygens (including phenoxy) is 1. The molecule has 1 aliphatic heterocycles. The maximum atomic E-state index is 12.0. The fourth-order valence-electron chi connectivity index (χ4n) is 2.72. The molecule has 130 valence electrons. The summed E-state index contributed by atoms with van der Waals surface area (Å²) in [6.45, 7) is 2.60. The van der Waals surface area contributed by atoms with Crippen LogP contribution in [0.5, 0.6) is 5.75 Å². The molecule has 1 aliphatic rings. The second-order valence-corrected chi connectivity index (χ2v) is 6.11. The Morgan fingerprint density at radius 1 is 1.12 bits per heavy atom. The van der Waals surface area contributed by atoms with Crippen LogP contribution in [0.1, 0.15) is 30.0 Å². The highest BCUT2D eigenvalue weighted by atomic mass is 16.5. The van der Waals surface area contributed by atoms with E-state index in [9.17, 15) is 9.59 Å². The summed E-state index contributed by atoms with van der Waals surface area (Å²) in [5.74, 6) is 0.509. The molecule has 2 N–H and O–H groups in total. The van der Waals surface area contributed by atoms with E-state index in [-0.39, 0.29) is 18.4 Å². The zero-order chi connectivity index (χ0) is 17.6. The Balaban J connectivity index is 1.48. The van der Waals surface area contributed by atoms with Crippen LogP contribution in [0.3, 0.4) is 0 Å². The normalized spacial score (nSPS) is 12.8. The molecule has 0 atom stereocenters. The lowest BCUT2D eigenvalue weighted by molar-refractivity contribution is -0.121. The average Bonchev–Trinajstić information content (AvgIpc) is 2.65. The molecular weight excluding hydrogens is 316 g/mol. The number of carbonyl (C=O) groups is 2. The van der Waals surface area contributed by atoms with Gasteiger partial charge in [-0.2, -0.15) is 0 Å². The maximum Gasteiger partial charge on any atom is 0.262 e. The Hall–Kier alpha value is -2.82. The van der Waals surface area contributed by atoms with Gasteiger partial charge in [-0.15, -0.1) is 0 Å². The lowest BCUT2D eigenvalue weighted by Crippen LogP contribution is -2.26. The number of hydrogen-bond acceptors (Lipinski definition) is 3. The number of rotatable bonds is 6. The van der Waals surface area contributed by atoms with Crippen molar-refractivity contribution < 1.29 is 14.3 Å². The van der Waals surface area contributed by atoms with Gasteiger partial charge in [0.1, 0.15) is 5.75 Å². The minimum atomic E-state index is -0.152. The summed E-state index contributed by atoms with van der Waals surface area (Å²) in [5, 5.41) is 5.67. The highest BCUT2D eigenvalue weighted by molar-refractivity contribution is 5.95. The van der Waals surface area contributed by atoms with Crippen molar-refractivity contribution in [3.63, 3.8) is 0 Å². The number of hydrogen-bond donors (Lipinski definition) is 2. The molecule has 0 aromatic heterocycles. The summed E-state index contributed by atoms with van der Waals surface area (Å²) in [6, 6.07) is 13.9. The average molecular weight is 338 g/mol. The third kappa shape index (κ3) is 4.59. The van der Waals surface area contributed by atoms with Crippen molar-refractivity contribution in [1.82, 2.24) is 5.32 Å². The third-order valence-corrected chi connectivity index (χ3v) is 4.24. The van der Waals surface area contributed by atoms with Crippen LogP contribution >= 0.6 is 0 Å². The van der Waals surface area contributed by atoms with Crippen LogP contribution in [0.15, 0.2) is 42.5 Å². The van der Waals surface area contributed by atoms with Crippen LogP contribution in [0, 0.1) is 0 Å². The molecule has 2 aromatic rings. The zero-order valence-electron chi connectivity index (χ0n) is 14.3. The molecule has 0 radical (unpaired) electrons. The van der Waals surface area contributed by atoms with E-state index in [1.54, 1.807) is 6.07 Å². The van der Waals surface area contributed by atoms with Crippen molar-refractivity contribution >= 4 is 17.5 Å². The van der Waals surface area contributed by atoms with Crippen LogP contribution in [-0.4, -0.2) is 18.4 Å². The zero-order valence-corrected chi connectivity index (χ0v) is 14.3. The van der Waals surface area contributed by atoms with Crippen LogP contribution in [-0.2, 0) is 29.0 Å². The van der Waals surface area contributed by atoms with Gasteiger partial charge < -0.3 is 15.4 Å². The van der Waals surface area contributed by atoms with Gasteiger partial charge in [-0.3, -0.25) is 9.59 Å². The third-order valence-electron chi connectivity index (χ3n) is 4.24. The van der Waals surface area contributed by atoms with Crippen molar-refractivity contribution in [2.24, 2.45) is 0 Å². The first-order valence-corrected chi connectivity index (χ1v) is 8.54. The lowest BCUT2D eigenvalue weighted by Gasteiger charge is -2.18. The highest BCUT2D eigenvalue weighted by Crippen LogP contribution is 2.28. The van der Waals surface area contributed by atoms with Gasteiger partial charge >= 0.3 is 0 Å². The van der Waals surface area contributed by atoms with Gasteiger partial charge in [-0.05, 0) is 41.7 Å². The van der Waals surface area contributed by atoms with Gasteiger partial charge in [-0.1, -0.05) is 37.3 Å². The van der Waals surface area contributed by atoms with E-state index in [1.807, 2.05) is 12.1 Å². The van der Waals surface area contributed by atoms with E-state index in [0.29, 0.717) is 24.4 Å². The first-order chi connectivity index (χ1) is 12.1. The summed E-state index contributed by atoms with van der Waals surface area (Å²) in [5.41, 5.74) is 4.08. The Kier molecular flexibility index (Phi) is 5.33. The molecule has 5 heteroatoms. The number of benzene rings is 2. The van der Waals surface area contributed by atoms with E-state index in [2.05, 4.69) is 41.8 Å². The first-order valence-electron chi connectivity index (χ1n) is 8.54. The molecule has 25 heavy (non-hydrogen) atoms. The number of aryl methyl sites for hydroxylation is 2. The lowest BCUT2D eigenvalue weighted by atomic mass is 10.1. The Morgan fingerprint density at radius 2 is 1.84 bits per heavy atom. The monoisotopic (exact) mass is 338 g/mol. The molecule has 0 saturated heterocycles. The predicted molar refractivity (Wildman–Crippen MR) is 96.6 cm³/mol. The molecule has 0 unspecified atom stereocenters. The molecule has 0 saturated carbocycles. The highest BCUT2D eigenvalue weighted by Gasteiger charge is 2.15. The molecular formula is C20H22N2O3. The van der Waals surface area contributed by atoms with E-state index < -0.39 is 0 Å². The quantitative estimate of drug-likeness (QED) is 0.851. The van der Waals surface area contributed by atoms with Gasteiger partial charge in [0.25, 0.3) is 5.91 Å². The van der Waals surface area contributed by atoms with Crippen molar-refractivity contribution in [3.8, 4) is 5.75 Å². The fourth-order valence-corrected chi connectivity index (χ4v) is 2.72. The van der Waals surface area contributed by atoms with E-state index in [0.717, 1.165) is 18.4 Å². The Morgan fingerprint density at radius 3 is 2.60 bits per heavy atom. The van der Waals surface area contributed by atoms with Crippen molar-refractivity contribution in [3.05, 3.63) is 59.2 Å². The molecule has 2 aromatic carbocycles. The van der Waals surface area contributed by atoms with E-state index in [4.69, 9.17) is 4.74 Å². The van der Waals surface area contributed by atoms with E-state index in [1.165, 1.54) is 11.1 Å². The van der Waals surface area contributed by atoms with Crippen LogP contribution in [0.4, 0.5) is 5.69 Å². The van der Waals surface area contributed by atoms with Crippen molar-refractivity contribution in [2.75, 3.05) is 11.9 Å². The molecule has 0 aliphatic carbocycles. The first kappa shape index (κ1) is 17.0. The second-order valence-electron chi connectivity index (χ2n) is 6.11. The second kappa shape index (κ2) is 7.83. The maximum absolute atomic E-state index is 12.0. The number of anilines is 1. The number of carbonyl (C=O) groups excluding carboxylic acids is 2. The van der Waals surface area contributed by atoms with Gasteiger partial charge in [0.05, 0.1) is 5.69 Å². The van der Waals surface area contributed by atoms with Crippen molar-refractivity contribution in [2.45, 2.75) is 32.7 Å².